The molecule has 0 N–H and O–H groups in total. The molecule has 15 heavy (non-hydrogen) atoms. The average molecular weight is 221 g/mol. The van der Waals surface area contributed by atoms with E-state index in [0.717, 1.165) is 10.8 Å². The number of benzene rings is 1. The summed E-state index contributed by atoms with van der Waals surface area (Å²) in [4.78, 5) is 4.36. The monoisotopic (exact) mass is 221 g/mol. The molecule has 3 nitrogen and oxygen atoms in total. The van der Waals surface area contributed by atoms with E-state index in [0.29, 0.717) is 4.90 Å². The van der Waals surface area contributed by atoms with Crippen LogP contribution in [-0.2, 0) is 9.84 Å². The predicted molar refractivity (Wildman–Crippen MR) is 59.5 cm³/mol. The standard InChI is InChI=1S/C11H11NO2S/c1-2-15(13,14)11-5-3-4-9-8-12-7-6-10(9)11/h3-8H,2H2,1H3. The Morgan fingerprint density at radius 2 is 2.07 bits per heavy atom. The number of fused-ring (bicyclic) bond motifs is 1. The van der Waals surface area contributed by atoms with Crippen LogP contribution >= 0.6 is 0 Å². The van der Waals surface area contributed by atoms with E-state index in [1.165, 1.54) is 0 Å². The average Bonchev–Trinajstić information content (AvgIpc) is 2.28. The van der Waals surface area contributed by atoms with E-state index in [9.17, 15) is 8.42 Å². The van der Waals surface area contributed by atoms with Crippen molar-refractivity contribution in [2.45, 2.75) is 11.8 Å². The fourth-order valence-electron chi connectivity index (χ4n) is 1.52. The third-order valence-corrected chi connectivity index (χ3v) is 4.14. The summed E-state index contributed by atoms with van der Waals surface area (Å²) in [6, 6.07) is 6.97. The van der Waals surface area contributed by atoms with Crippen LogP contribution in [0.1, 0.15) is 6.92 Å². The normalized spacial score (nSPS) is 11.8. The van der Waals surface area contributed by atoms with Crippen LogP contribution in [0.4, 0.5) is 0 Å². The number of hydrogen-bond acceptors (Lipinski definition) is 3. The zero-order valence-electron chi connectivity index (χ0n) is 8.34. The second-order valence-corrected chi connectivity index (χ2v) is 5.50. The Bertz CT molecular complexity index is 585. The molecule has 1 heterocycles. The fraction of sp³-hybridized carbons (Fsp3) is 0.182. The van der Waals surface area contributed by atoms with Crippen LogP contribution in [0.15, 0.2) is 41.6 Å². The number of hydrogen-bond donors (Lipinski definition) is 0. The van der Waals surface area contributed by atoms with Gasteiger partial charge < -0.3 is 0 Å². The molecule has 0 radical (unpaired) electrons. The summed E-state index contributed by atoms with van der Waals surface area (Å²) in [5, 5.41) is 1.60. The molecule has 1 aromatic heterocycles. The van der Waals surface area contributed by atoms with E-state index in [2.05, 4.69) is 4.98 Å². The maximum Gasteiger partial charge on any atom is 0.178 e. The highest BCUT2D eigenvalue weighted by Gasteiger charge is 2.14. The number of aromatic nitrogens is 1. The van der Waals surface area contributed by atoms with Crippen LogP contribution < -0.4 is 0 Å². The summed E-state index contributed by atoms with van der Waals surface area (Å²) in [6.07, 6.45) is 3.28. The molecule has 0 unspecified atom stereocenters. The van der Waals surface area contributed by atoms with E-state index in [-0.39, 0.29) is 5.75 Å². The first kappa shape index (κ1) is 10.1. The third kappa shape index (κ3) is 1.72. The van der Waals surface area contributed by atoms with Gasteiger partial charge >= 0.3 is 0 Å². The Hall–Kier alpha value is -1.42. The molecule has 0 amide bonds. The molecule has 0 atom stereocenters. The van der Waals surface area contributed by atoms with Crippen molar-refractivity contribution in [2.24, 2.45) is 0 Å². The third-order valence-electron chi connectivity index (χ3n) is 2.36. The molecule has 2 rings (SSSR count). The summed E-state index contributed by atoms with van der Waals surface area (Å²) in [5.41, 5.74) is 0. The van der Waals surface area contributed by atoms with Crippen molar-refractivity contribution < 1.29 is 8.42 Å². The summed E-state index contributed by atoms with van der Waals surface area (Å²) < 4.78 is 23.6. The van der Waals surface area contributed by atoms with E-state index in [1.807, 2.05) is 6.07 Å². The van der Waals surface area contributed by atoms with Gasteiger partial charge in [-0.1, -0.05) is 19.1 Å². The van der Waals surface area contributed by atoms with Crippen molar-refractivity contribution in [1.29, 1.82) is 0 Å². The number of nitrogens with zero attached hydrogens (tertiary/aromatic N) is 1. The molecule has 0 aliphatic rings. The molecule has 0 fully saturated rings. The van der Waals surface area contributed by atoms with Gasteiger partial charge in [0.25, 0.3) is 0 Å². The predicted octanol–water partition coefficient (Wildman–Crippen LogP) is 2.03. The lowest BCUT2D eigenvalue weighted by molar-refractivity contribution is 0.598. The SMILES string of the molecule is CCS(=O)(=O)c1cccc2cnccc12. The van der Waals surface area contributed by atoms with E-state index in [4.69, 9.17) is 0 Å². The maximum absolute atomic E-state index is 11.8. The molecule has 0 aliphatic carbocycles. The Balaban J connectivity index is 2.83. The first-order valence-corrected chi connectivity index (χ1v) is 6.36. The molecule has 4 heteroatoms. The minimum absolute atomic E-state index is 0.119. The molecule has 0 saturated carbocycles. The highest BCUT2D eigenvalue weighted by molar-refractivity contribution is 7.91. The smallest absolute Gasteiger partial charge is 0.178 e. The summed E-state index contributed by atoms with van der Waals surface area (Å²) in [7, 11) is -3.15. The number of sulfone groups is 1. The van der Waals surface area contributed by atoms with Gasteiger partial charge in [0.05, 0.1) is 10.6 Å². The van der Waals surface area contributed by atoms with Gasteiger partial charge in [-0.15, -0.1) is 0 Å². The Labute approximate surface area is 88.7 Å². The number of rotatable bonds is 2. The largest absolute Gasteiger partial charge is 0.264 e. The first-order valence-electron chi connectivity index (χ1n) is 4.70. The van der Waals surface area contributed by atoms with Crippen LogP contribution in [-0.4, -0.2) is 19.2 Å². The fourth-order valence-corrected chi connectivity index (χ4v) is 2.64. The van der Waals surface area contributed by atoms with Crippen molar-refractivity contribution in [3.05, 3.63) is 36.7 Å². The van der Waals surface area contributed by atoms with E-state index >= 15 is 0 Å². The van der Waals surface area contributed by atoms with Crippen molar-refractivity contribution in [3.8, 4) is 0 Å². The lowest BCUT2D eigenvalue weighted by Crippen LogP contribution is -2.04. The molecular weight excluding hydrogens is 210 g/mol. The van der Waals surface area contributed by atoms with Crippen LogP contribution in [0, 0.1) is 0 Å². The lowest BCUT2D eigenvalue weighted by atomic mass is 10.2. The van der Waals surface area contributed by atoms with Crippen LogP contribution in [0.5, 0.6) is 0 Å². The van der Waals surface area contributed by atoms with Gasteiger partial charge in [-0.2, -0.15) is 0 Å². The van der Waals surface area contributed by atoms with Gasteiger partial charge in [-0.3, -0.25) is 4.98 Å². The van der Waals surface area contributed by atoms with Crippen molar-refractivity contribution in [2.75, 3.05) is 5.75 Å². The Morgan fingerprint density at radius 3 is 2.80 bits per heavy atom. The summed E-state index contributed by atoms with van der Waals surface area (Å²) in [6.45, 7) is 1.65. The maximum atomic E-state index is 11.8. The minimum atomic E-state index is -3.15. The minimum Gasteiger partial charge on any atom is -0.264 e. The van der Waals surface area contributed by atoms with Crippen molar-refractivity contribution in [3.63, 3.8) is 0 Å². The molecule has 0 saturated heterocycles. The van der Waals surface area contributed by atoms with Crippen LogP contribution in [0.3, 0.4) is 0 Å². The van der Waals surface area contributed by atoms with Gasteiger partial charge in [0.15, 0.2) is 9.84 Å². The Morgan fingerprint density at radius 1 is 1.27 bits per heavy atom. The van der Waals surface area contributed by atoms with E-state index in [1.54, 1.807) is 37.5 Å². The summed E-state index contributed by atoms with van der Waals surface area (Å²) >= 11 is 0. The Kier molecular flexibility index (Phi) is 2.44. The molecule has 78 valence electrons. The highest BCUT2D eigenvalue weighted by atomic mass is 32.2. The lowest BCUT2D eigenvalue weighted by Gasteiger charge is -2.05. The zero-order chi connectivity index (χ0) is 10.9. The molecule has 0 aliphatic heterocycles. The first-order chi connectivity index (χ1) is 7.15. The van der Waals surface area contributed by atoms with Crippen LogP contribution in [0.2, 0.25) is 0 Å². The number of pyridine rings is 1. The highest BCUT2D eigenvalue weighted by Crippen LogP contribution is 2.22. The molecule has 2 aromatic rings. The van der Waals surface area contributed by atoms with E-state index < -0.39 is 9.84 Å². The van der Waals surface area contributed by atoms with Gasteiger partial charge in [-0.25, -0.2) is 8.42 Å². The molecule has 1 aromatic carbocycles. The second-order valence-electron chi connectivity index (χ2n) is 3.26. The topological polar surface area (TPSA) is 47.0 Å². The molecular formula is C11H11NO2S. The quantitative estimate of drug-likeness (QED) is 0.779. The van der Waals surface area contributed by atoms with Gasteiger partial charge in [0.2, 0.25) is 0 Å². The van der Waals surface area contributed by atoms with Gasteiger partial charge in [0, 0.05) is 23.2 Å². The molecule has 0 bridgehead atoms. The van der Waals surface area contributed by atoms with Crippen molar-refractivity contribution in [1.82, 2.24) is 4.98 Å². The second kappa shape index (κ2) is 3.62. The van der Waals surface area contributed by atoms with Crippen LogP contribution in [0.25, 0.3) is 10.8 Å². The van der Waals surface area contributed by atoms with Gasteiger partial charge in [0.1, 0.15) is 0 Å². The molecule has 0 spiro atoms. The van der Waals surface area contributed by atoms with Gasteiger partial charge in [-0.05, 0) is 12.1 Å². The van der Waals surface area contributed by atoms with Crippen molar-refractivity contribution >= 4 is 20.6 Å². The summed E-state index contributed by atoms with van der Waals surface area (Å²) in [5.74, 6) is 0.119. The zero-order valence-corrected chi connectivity index (χ0v) is 9.16.